The molecule has 128 valence electrons. The number of carbonyl (C=O) groups excluding carboxylic acids is 1. The van der Waals surface area contributed by atoms with Gasteiger partial charge in [-0.15, -0.1) is 0 Å². The number of aromatic nitrogens is 2. The normalized spacial score (nSPS) is 10.8. The van der Waals surface area contributed by atoms with Crippen molar-refractivity contribution in [2.24, 2.45) is 0 Å². The van der Waals surface area contributed by atoms with Gasteiger partial charge in [0, 0.05) is 28.0 Å². The molecule has 0 aliphatic heterocycles. The maximum atomic E-state index is 12.5. The molecule has 4 rings (SSSR count). The van der Waals surface area contributed by atoms with Gasteiger partial charge in [-0.05, 0) is 55.0 Å². The quantitative estimate of drug-likeness (QED) is 0.506. The van der Waals surface area contributed by atoms with Crippen molar-refractivity contribution in [3.63, 3.8) is 0 Å². The number of carbonyl (C=O) groups is 1. The maximum absolute atomic E-state index is 12.5. The van der Waals surface area contributed by atoms with Gasteiger partial charge in [-0.1, -0.05) is 35.1 Å². The number of nitrogens with one attached hydrogen (secondary N) is 1. The van der Waals surface area contributed by atoms with E-state index >= 15 is 0 Å². The molecule has 0 unspecified atom stereocenters. The highest BCUT2D eigenvalue weighted by atomic mass is 35.5. The molecule has 1 N–H and O–H groups in total. The van der Waals surface area contributed by atoms with Gasteiger partial charge in [0.25, 0.3) is 5.91 Å². The molecule has 0 spiro atoms. The number of aryl methyl sites for hydroxylation is 1. The summed E-state index contributed by atoms with van der Waals surface area (Å²) in [5, 5.41) is 4.45. The van der Waals surface area contributed by atoms with Crippen molar-refractivity contribution in [2.45, 2.75) is 6.92 Å². The molecule has 0 saturated heterocycles. The molecule has 2 heterocycles. The van der Waals surface area contributed by atoms with Gasteiger partial charge in [-0.25, -0.2) is 9.97 Å². The topological polar surface area (TPSA) is 54.9 Å². The Morgan fingerprint density at radius 2 is 1.92 bits per heavy atom. The molecular weight excluding hydrogens is 366 g/mol. The third kappa shape index (κ3) is 3.31. The van der Waals surface area contributed by atoms with E-state index in [1.807, 2.05) is 37.3 Å². The molecule has 4 nitrogen and oxygen atoms in total. The van der Waals surface area contributed by atoms with E-state index in [2.05, 4.69) is 15.3 Å². The van der Waals surface area contributed by atoms with Gasteiger partial charge in [0.15, 0.2) is 0 Å². The predicted molar refractivity (Wildman–Crippen MR) is 107 cm³/mol. The molecule has 26 heavy (non-hydrogen) atoms. The zero-order chi connectivity index (χ0) is 18.1. The molecular formula is C20H14ClN3OS. The van der Waals surface area contributed by atoms with Crippen LogP contribution in [0.3, 0.4) is 0 Å². The molecule has 0 aliphatic carbocycles. The molecule has 1 amide bonds. The number of fused-ring (bicyclic) bond motifs is 1. The molecule has 0 bridgehead atoms. The third-order valence-corrected chi connectivity index (χ3v) is 5.29. The van der Waals surface area contributed by atoms with Crippen LogP contribution in [0.1, 0.15) is 15.9 Å². The van der Waals surface area contributed by atoms with Gasteiger partial charge >= 0.3 is 0 Å². The summed E-state index contributed by atoms with van der Waals surface area (Å²) in [5.74, 6) is -0.173. The van der Waals surface area contributed by atoms with Crippen LogP contribution in [-0.2, 0) is 0 Å². The first-order valence-corrected chi connectivity index (χ1v) is 9.19. The van der Waals surface area contributed by atoms with Crippen molar-refractivity contribution in [3.05, 3.63) is 76.9 Å². The van der Waals surface area contributed by atoms with Crippen LogP contribution in [0.15, 0.2) is 60.8 Å². The van der Waals surface area contributed by atoms with E-state index < -0.39 is 0 Å². The molecule has 2 aromatic carbocycles. The monoisotopic (exact) mass is 379 g/mol. The fourth-order valence-corrected chi connectivity index (χ4v) is 3.61. The van der Waals surface area contributed by atoms with E-state index in [0.717, 1.165) is 32.2 Å². The lowest BCUT2D eigenvalue weighted by atomic mass is 10.1. The summed E-state index contributed by atoms with van der Waals surface area (Å²) >= 11 is 7.41. The number of thiazole rings is 1. The van der Waals surface area contributed by atoms with Gasteiger partial charge in [-0.3, -0.25) is 4.79 Å². The van der Waals surface area contributed by atoms with E-state index in [0.29, 0.717) is 10.6 Å². The number of benzene rings is 2. The summed E-state index contributed by atoms with van der Waals surface area (Å²) < 4.78 is 0. The Labute approximate surface area is 159 Å². The fourth-order valence-electron chi connectivity index (χ4n) is 2.58. The fraction of sp³-hybridized carbons (Fsp3) is 0.0500. The third-order valence-electron chi connectivity index (χ3n) is 4.01. The largest absolute Gasteiger partial charge is 0.322 e. The minimum absolute atomic E-state index is 0.173. The molecule has 6 heteroatoms. The van der Waals surface area contributed by atoms with Crippen molar-refractivity contribution < 1.29 is 4.79 Å². The average molecular weight is 380 g/mol. The molecule has 0 atom stereocenters. The van der Waals surface area contributed by atoms with Crippen LogP contribution in [0, 0.1) is 6.92 Å². The standard InChI is InChI=1S/C20H14ClN3OS/c1-12-4-5-14(19-24-16-3-2-10-22-20(16)26-19)11-17(12)23-18(25)13-6-8-15(21)9-7-13/h2-11H,1H3,(H,23,25). The van der Waals surface area contributed by atoms with Crippen LogP contribution >= 0.6 is 22.9 Å². The molecule has 0 fully saturated rings. The summed E-state index contributed by atoms with van der Waals surface area (Å²) in [4.78, 5) is 22.4. The first kappa shape index (κ1) is 16.7. The first-order valence-electron chi connectivity index (χ1n) is 8.00. The van der Waals surface area contributed by atoms with Gasteiger partial charge in [0.1, 0.15) is 15.4 Å². The number of hydrogen-bond acceptors (Lipinski definition) is 4. The Morgan fingerprint density at radius 1 is 1.12 bits per heavy atom. The minimum Gasteiger partial charge on any atom is -0.322 e. The van der Waals surface area contributed by atoms with Crippen LogP contribution in [0.4, 0.5) is 5.69 Å². The smallest absolute Gasteiger partial charge is 0.255 e. The van der Waals surface area contributed by atoms with Crippen molar-refractivity contribution >= 4 is 44.9 Å². The van der Waals surface area contributed by atoms with E-state index in [4.69, 9.17) is 11.6 Å². The lowest BCUT2D eigenvalue weighted by Gasteiger charge is -2.10. The van der Waals surface area contributed by atoms with Crippen LogP contribution in [0.25, 0.3) is 20.9 Å². The Kier molecular flexibility index (Phi) is 4.41. The number of halogens is 1. The maximum Gasteiger partial charge on any atom is 0.255 e. The summed E-state index contributed by atoms with van der Waals surface area (Å²) in [7, 11) is 0. The van der Waals surface area contributed by atoms with Crippen molar-refractivity contribution in [3.8, 4) is 10.6 Å². The highest BCUT2D eigenvalue weighted by Crippen LogP contribution is 2.31. The van der Waals surface area contributed by atoms with Crippen LogP contribution in [0.2, 0.25) is 5.02 Å². The van der Waals surface area contributed by atoms with E-state index in [-0.39, 0.29) is 5.91 Å². The molecule has 4 aromatic rings. The van der Waals surface area contributed by atoms with Gasteiger partial charge in [0.05, 0.1) is 0 Å². The summed E-state index contributed by atoms with van der Waals surface area (Å²) in [6.45, 7) is 1.96. The second-order valence-electron chi connectivity index (χ2n) is 5.84. The minimum atomic E-state index is -0.173. The summed E-state index contributed by atoms with van der Waals surface area (Å²) in [6, 6.07) is 16.6. The van der Waals surface area contributed by atoms with Crippen LogP contribution in [-0.4, -0.2) is 15.9 Å². The molecule has 0 saturated carbocycles. The van der Waals surface area contributed by atoms with Gasteiger partial charge < -0.3 is 5.32 Å². The zero-order valence-electron chi connectivity index (χ0n) is 13.9. The zero-order valence-corrected chi connectivity index (χ0v) is 15.4. The summed E-state index contributed by atoms with van der Waals surface area (Å²) in [6.07, 6.45) is 1.76. The Balaban J connectivity index is 1.65. The first-order chi connectivity index (χ1) is 12.6. The molecule has 0 aliphatic rings. The van der Waals surface area contributed by atoms with Crippen molar-refractivity contribution in [1.29, 1.82) is 0 Å². The van der Waals surface area contributed by atoms with Gasteiger partial charge in [0.2, 0.25) is 0 Å². The van der Waals surface area contributed by atoms with Crippen LogP contribution in [0.5, 0.6) is 0 Å². The molecule has 0 radical (unpaired) electrons. The number of rotatable bonds is 3. The number of nitrogens with zero attached hydrogens (tertiary/aromatic N) is 2. The van der Waals surface area contributed by atoms with Crippen LogP contribution < -0.4 is 5.32 Å². The van der Waals surface area contributed by atoms with E-state index in [1.54, 1.807) is 30.5 Å². The number of hydrogen-bond donors (Lipinski definition) is 1. The van der Waals surface area contributed by atoms with Gasteiger partial charge in [-0.2, -0.15) is 0 Å². The highest BCUT2D eigenvalue weighted by Gasteiger charge is 2.11. The number of pyridine rings is 1. The summed E-state index contributed by atoms with van der Waals surface area (Å²) in [5.41, 5.74) is 4.12. The lowest BCUT2D eigenvalue weighted by Crippen LogP contribution is -2.12. The lowest BCUT2D eigenvalue weighted by molar-refractivity contribution is 0.102. The highest BCUT2D eigenvalue weighted by molar-refractivity contribution is 7.21. The Morgan fingerprint density at radius 3 is 2.69 bits per heavy atom. The van der Waals surface area contributed by atoms with Crippen molar-refractivity contribution in [1.82, 2.24) is 9.97 Å². The van der Waals surface area contributed by atoms with E-state index in [1.165, 1.54) is 11.3 Å². The van der Waals surface area contributed by atoms with Crippen molar-refractivity contribution in [2.75, 3.05) is 5.32 Å². The number of anilines is 1. The molecule has 2 aromatic heterocycles. The predicted octanol–water partition coefficient (Wildman–Crippen LogP) is 5.57. The Bertz CT molecular complexity index is 1070. The second-order valence-corrected chi connectivity index (χ2v) is 7.25. The SMILES string of the molecule is Cc1ccc(-c2nc3cccnc3s2)cc1NC(=O)c1ccc(Cl)cc1. The van der Waals surface area contributed by atoms with E-state index in [9.17, 15) is 4.79 Å². The number of amides is 1. The Hall–Kier alpha value is -2.76. The average Bonchev–Trinajstić information content (AvgIpc) is 3.08. The second kappa shape index (κ2) is 6.86.